The molecule has 0 saturated carbocycles. The summed E-state index contributed by atoms with van der Waals surface area (Å²) in [4.78, 5) is 24.9. The highest BCUT2D eigenvalue weighted by Gasteiger charge is 2.09. The molecule has 0 bridgehead atoms. The van der Waals surface area contributed by atoms with Crippen molar-refractivity contribution in [2.24, 2.45) is 0 Å². The van der Waals surface area contributed by atoms with Crippen molar-refractivity contribution in [1.82, 2.24) is 10.9 Å². The summed E-state index contributed by atoms with van der Waals surface area (Å²) in [5, 5.41) is 1.91. The Hall–Kier alpha value is -3.32. The first-order valence-corrected chi connectivity index (χ1v) is 10.1. The summed E-state index contributed by atoms with van der Waals surface area (Å²) in [6.07, 6.45) is 0.236. The second-order valence-corrected chi connectivity index (χ2v) is 7.18. The normalized spacial score (nSPS) is 10.2. The molecule has 0 aliphatic rings. The van der Waals surface area contributed by atoms with Crippen LogP contribution in [0.4, 0.5) is 0 Å². The van der Waals surface area contributed by atoms with Gasteiger partial charge in [-0.05, 0) is 60.3 Å². The van der Waals surface area contributed by atoms with E-state index < -0.39 is 0 Å². The molecule has 0 spiro atoms. The number of hydrogen-bond acceptors (Lipinski definition) is 5. The Bertz CT molecular complexity index is 922. The molecule has 1 heterocycles. The third-order valence-electron chi connectivity index (χ3n) is 3.99. The van der Waals surface area contributed by atoms with Crippen LogP contribution >= 0.6 is 11.3 Å². The van der Waals surface area contributed by atoms with Crippen molar-refractivity contribution in [3.8, 4) is 11.5 Å². The van der Waals surface area contributed by atoms with Gasteiger partial charge in [-0.15, -0.1) is 11.3 Å². The zero-order valence-electron chi connectivity index (χ0n) is 16.0. The summed E-state index contributed by atoms with van der Waals surface area (Å²) in [6, 6.07) is 18.2. The molecule has 0 aliphatic carbocycles. The minimum Gasteiger partial charge on any atom is -0.494 e. The zero-order valence-corrected chi connectivity index (χ0v) is 16.8. The maximum absolute atomic E-state index is 12.2. The van der Waals surface area contributed by atoms with Crippen molar-refractivity contribution in [3.63, 3.8) is 0 Å². The summed E-state index contributed by atoms with van der Waals surface area (Å²) in [5.41, 5.74) is 6.23. The van der Waals surface area contributed by atoms with Crippen molar-refractivity contribution >= 4 is 23.2 Å². The average molecular weight is 410 g/mol. The number of amides is 2. The predicted molar refractivity (Wildman–Crippen MR) is 112 cm³/mol. The number of ether oxygens (including phenoxy) is 2. The summed E-state index contributed by atoms with van der Waals surface area (Å²) < 4.78 is 11.1. The molecule has 0 saturated heterocycles. The van der Waals surface area contributed by atoms with Crippen LogP contribution in [-0.4, -0.2) is 18.4 Å². The molecule has 1 aromatic heterocycles. The fourth-order valence-corrected chi connectivity index (χ4v) is 3.24. The lowest BCUT2D eigenvalue weighted by Crippen LogP contribution is -2.42. The first kappa shape index (κ1) is 20.4. The van der Waals surface area contributed by atoms with Gasteiger partial charge in [0.15, 0.2) is 0 Å². The van der Waals surface area contributed by atoms with E-state index in [1.54, 1.807) is 12.1 Å². The van der Waals surface area contributed by atoms with Crippen LogP contribution in [0.5, 0.6) is 11.5 Å². The largest absolute Gasteiger partial charge is 0.494 e. The molecule has 2 amide bonds. The molecular weight excluding hydrogens is 388 g/mol. The molecule has 2 N–H and O–H groups in total. The van der Waals surface area contributed by atoms with E-state index in [1.807, 2.05) is 60.8 Å². The van der Waals surface area contributed by atoms with Gasteiger partial charge in [0, 0.05) is 10.4 Å². The Labute approximate surface area is 173 Å². The molecule has 3 aromatic rings. The molecule has 3 rings (SSSR count). The van der Waals surface area contributed by atoms with E-state index in [9.17, 15) is 9.59 Å². The lowest BCUT2D eigenvalue weighted by Gasteiger charge is -2.09. The second-order valence-electron chi connectivity index (χ2n) is 6.15. The third kappa shape index (κ3) is 6.36. The third-order valence-corrected chi connectivity index (χ3v) is 4.86. The van der Waals surface area contributed by atoms with E-state index in [0.717, 1.165) is 21.9 Å². The van der Waals surface area contributed by atoms with Crippen LogP contribution in [0.1, 0.15) is 27.7 Å². The van der Waals surface area contributed by atoms with Crippen molar-refractivity contribution in [1.29, 1.82) is 0 Å². The average Bonchev–Trinajstić information content (AvgIpc) is 3.25. The van der Waals surface area contributed by atoms with Crippen molar-refractivity contribution in [3.05, 3.63) is 82.0 Å². The first-order chi connectivity index (χ1) is 14.1. The maximum atomic E-state index is 12.2. The quantitative estimate of drug-likeness (QED) is 0.555. The van der Waals surface area contributed by atoms with E-state index in [2.05, 4.69) is 10.9 Å². The molecule has 0 fully saturated rings. The Kier molecular flexibility index (Phi) is 7.24. The highest BCUT2D eigenvalue weighted by molar-refractivity contribution is 7.10. The van der Waals surface area contributed by atoms with E-state index in [1.165, 1.54) is 11.3 Å². The molecule has 29 heavy (non-hydrogen) atoms. The summed E-state index contributed by atoms with van der Waals surface area (Å²) in [6.45, 7) is 2.94. The zero-order chi connectivity index (χ0) is 20.5. The second kappa shape index (κ2) is 10.3. The monoisotopic (exact) mass is 410 g/mol. The van der Waals surface area contributed by atoms with E-state index in [-0.39, 0.29) is 18.2 Å². The number of benzene rings is 2. The molecule has 0 atom stereocenters. The van der Waals surface area contributed by atoms with Gasteiger partial charge in [-0.2, -0.15) is 0 Å². The lowest BCUT2D eigenvalue weighted by atomic mass is 10.1. The smallest absolute Gasteiger partial charge is 0.269 e. The summed E-state index contributed by atoms with van der Waals surface area (Å²) in [7, 11) is 0. The van der Waals surface area contributed by atoms with Crippen molar-refractivity contribution in [2.75, 3.05) is 6.61 Å². The number of nitrogens with one attached hydrogen (secondary N) is 2. The summed E-state index contributed by atoms with van der Waals surface area (Å²) in [5.74, 6) is 0.908. The standard InChI is InChI=1S/C22H22N2O4S/c1-2-27-18-9-11-19(12-10-18)28-15-16-5-7-17(8-6-16)22(26)24-23-21(25)14-20-4-3-13-29-20/h3-13H,2,14-15H2,1H3,(H,23,25)(H,24,26). The number of carbonyl (C=O) groups excluding carboxylic acids is 2. The van der Waals surface area contributed by atoms with Gasteiger partial charge in [0.25, 0.3) is 5.91 Å². The molecule has 0 radical (unpaired) electrons. The van der Waals surface area contributed by atoms with Gasteiger partial charge < -0.3 is 9.47 Å². The highest BCUT2D eigenvalue weighted by Crippen LogP contribution is 2.18. The van der Waals surface area contributed by atoms with Gasteiger partial charge >= 0.3 is 0 Å². The Morgan fingerprint density at radius 1 is 0.897 bits per heavy atom. The van der Waals surface area contributed by atoms with Crippen LogP contribution in [-0.2, 0) is 17.8 Å². The minimum atomic E-state index is -0.372. The highest BCUT2D eigenvalue weighted by atomic mass is 32.1. The summed E-state index contributed by atoms with van der Waals surface area (Å²) >= 11 is 1.50. The Morgan fingerprint density at radius 2 is 1.59 bits per heavy atom. The molecule has 0 aliphatic heterocycles. The van der Waals surface area contributed by atoms with Crippen LogP contribution in [0.2, 0.25) is 0 Å². The molecule has 7 heteroatoms. The molecule has 0 unspecified atom stereocenters. The Balaban J connectivity index is 1.45. The van der Waals surface area contributed by atoms with Crippen LogP contribution in [0.15, 0.2) is 66.0 Å². The fraction of sp³-hybridized carbons (Fsp3) is 0.182. The fourth-order valence-electron chi connectivity index (χ4n) is 2.53. The van der Waals surface area contributed by atoms with Gasteiger partial charge in [0.2, 0.25) is 5.91 Å². The van der Waals surface area contributed by atoms with E-state index >= 15 is 0 Å². The maximum Gasteiger partial charge on any atom is 0.269 e. The SMILES string of the molecule is CCOc1ccc(OCc2ccc(C(=O)NNC(=O)Cc3cccs3)cc2)cc1. The van der Waals surface area contributed by atoms with Gasteiger partial charge in [-0.1, -0.05) is 18.2 Å². The molecule has 150 valence electrons. The van der Waals surface area contributed by atoms with Crippen LogP contribution in [0.25, 0.3) is 0 Å². The predicted octanol–water partition coefficient (Wildman–Crippen LogP) is 3.73. The van der Waals surface area contributed by atoms with E-state index in [4.69, 9.17) is 9.47 Å². The lowest BCUT2D eigenvalue weighted by molar-refractivity contribution is -0.121. The number of hydrogen-bond donors (Lipinski definition) is 2. The van der Waals surface area contributed by atoms with Gasteiger partial charge in [0.05, 0.1) is 13.0 Å². The van der Waals surface area contributed by atoms with Crippen molar-refractivity contribution < 1.29 is 19.1 Å². The molecular formula is C22H22N2O4S. The Morgan fingerprint density at radius 3 is 2.21 bits per heavy atom. The van der Waals surface area contributed by atoms with Gasteiger partial charge in [-0.25, -0.2) is 0 Å². The van der Waals surface area contributed by atoms with Crippen LogP contribution in [0.3, 0.4) is 0 Å². The topological polar surface area (TPSA) is 76.7 Å². The van der Waals surface area contributed by atoms with Crippen molar-refractivity contribution in [2.45, 2.75) is 20.0 Å². The van der Waals surface area contributed by atoms with E-state index in [0.29, 0.717) is 18.8 Å². The number of hydrazine groups is 1. The number of thiophene rings is 1. The van der Waals surface area contributed by atoms with Gasteiger partial charge in [0.1, 0.15) is 18.1 Å². The number of carbonyl (C=O) groups is 2. The van der Waals surface area contributed by atoms with Crippen LogP contribution < -0.4 is 20.3 Å². The molecule has 2 aromatic carbocycles. The molecule has 6 nitrogen and oxygen atoms in total. The van der Waals surface area contributed by atoms with Crippen LogP contribution in [0, 0.1) is 0 Å². The minimum absolute atomic E-state index is 0.236. The first-order valence-electron chi connectivity index (χ1n) is 9.20. The number of rotatable bonds is 8. The van der Waals surface area contributed by atoms with Gasteiger partial charge in [-0.3, -0.25) is 20.4 Å².